The van der Waals surface area contributed by atoms with Gasteiger partial charge < -0.3 is 4.79 Å². The minimum atomic E-state index is 0.541. The van der Waals surface area contributed by atoms with E-state index in [1.54, 1.807) is 12.4 Å². The molecule has 0 radical (unpaired) electrons. The number of pyridine rings is 2. The first-order valence-electron chi connectivity index (χ1n) is 5.95. The molecule has 0 aliphatic heterocycles. The lowest BCUT2D eigenvalue weighted by molar-refractivity contribution is -0.107. The summed E-state index contributed by atoms with van der Waals surface area (Å²) in [7, 11) is 0. The molecular formula is C15H12N2O. The van der Waals surface area contributed by atoms with Crippen LogP contribution in [0.15, 0.2) is 42.7 Å². The van der Waals surface area contributed by atoms with Crippen LogP contribution >= 0.6 is 0 Å². The molecule has 0 aliphatic carbocycles. The lowest BCUT2D eigenvalue weighted by Gasteiger charge is -2.06. The predicted molar refractivity (Wildman–Crippen MR) is 71.4 cm³/mol. The molecule has 88 valence electrons. The van der Waals surface area contributed by atoms with E-state index in [1.807, 2.05) is 18.2 Å². The fourth-order valence-electron chi connectivity index (χ4n) is 2.24. The molecule has 0 unspecified atom stereocenters. The van der Waals surface area contributed by atoms with Crippen molar-refractivity contribution in [2.45, 2.75) is 12.8 Å². The lowest BCUT2D eigenvalue weighted by atomic mass is 10.0. The number of carbonyl (C=O) groups excluding carboxylic acids is 1. The fourth-order valence-corrected chi connectivity index (χ4v) is 2.24. The Balaban J connectivity index is 2.29. The zero-order chi connectivity index (χ0) is 12.4. The molecule has 0 aliphatic rings. The van der Waals surface area contributed by atoms with Gasteiger partial charge in [0.25, 0.3) is 0 Å². The maximum absolute atomic E-state index is 10.5. The van der Waals surface area contributed by atoms with Crippen LogP contribution < -0.4 is 0 Å². The van der Waals surface area contributed by atoms with Crippen molar-refractivity contribution in [3.8, 4) is 0 Å². The van der Waals surface area contributed by atoms with Crippen LogP contribution in [0.5, 0.6) is 0 Å². The quantitative estimate of drug-likeness (QED) is 0.518. The number of aldehydes is 1. The Kier molecular flexibility index (Phi) is 2.73. The summed E-state index contributed by atoms with van der Waals surface area (Å²) < 4.78 is 0. The van der Waals surface area contributed by atoms with Crippen molar-refractivity contribution in [1.29, 1.82) is 0 Å². The first-order chi connectivity index (χ1) is 8.90. The number of fused-ring (bicyclic) bond motifs is 3. The first kappa shape index (κ1) is 10.8. The molecule has 0 N–H and O–H groups in total. The maximum atomic E-state index is 10.5. The van der Waals surface area contributed by atoms with Gasteiger partial charge in [0, 0.05) is 29.6 Å². The van der Waals surface area contributed by atoms with E-state index in [0.717, 1.165) is 40.1 Å². The molecule has 0 amide bonds. The van der Waals surface area contributed by atoms with Crippen LogP contribution in [0.1, 0.15) is 12.0 Å². The summed E-state index contributed by atoms with van der Waals surface area (Å²) in [6.07, 6.45) is 5.81. The van der Waals surface area contributed by atoms with E-state index in [4.69, 9.17) is 0 Å². The molecule has 0 spiro atoms. The number of carbonyl (C=O) groups is 1. The summed E-state index contributed by atoms with van der Waals surface area (Å²) in [4.78, 5) is 19.3. The van der Waals surface area contributed by atoms with Crippen LogP contribution in [-0.2, 0) is 11.2 Å². The van der Waals surface area contributed by atoms with Crippen molar-refractivity contribution in [1.82, 2.24) is 9.97 Å². The van der Waals surface area contributed by atoms with E-state index in [0.29, 0.717) is 6.42 Å². The Labute approximate surface area is 104 Å². The van der Waals surface area contributed by atoms with E-state index in [1.165, 1.54) is 0 Å². The average Bonchev–Trinajstić information content (AvgIpc) is 2.44. The molecule has 3 aromatic rings. The third-order valence-electron chi connectivity index (χ3n) is 3.10. The Hall–Kier alpha value is -2.29. The first-order valence-corrected chi connectivity index (χ1v) is 5.95. The Morgan fingerprint density at radius 2 is 1.89 bits per heavy atom. The molecule has 0 fully saturated rings. The van der Waals surface area contributed by atoms with Crippen LogP contribution in [0.2, 0.25) is 0 Å². The van der Waals surface area contributed by atoms with Crippen molar-refractivity contribution < 1.29 is 4.79 Å². The molecule has 3 rings (SSSR count). The van der Waals surface area contributed by atoms with Gasteiger partial charge in [0.2, 0.25) is 0 Å². The maximum Gasteiger partial charge on any atom is 0.120 e. The number of hydrogen-bond acceptors (Lipinski definition) is 3. The molecule has 0 saturated carbocycles. The van der Waals surface area contributed by atoms with Gasteiger partial charge in [-0.3, -0.25) is 9.97 Å². The van der Waals surface area contributed by atoms with Gasteiger partial charge in [-0.1, -0.05) is 18.2 Å². The number of rotatable bonds is 3. The van der Waals surface area contributed by atoms with Gasteiger partial charge in [0.05, 0.1) is 11.0 Å². The van der Waals surface area contributed by atoms with Crippen molar-refractivity contribution >= 4 is 28.1 Å². The third-order valence-corrected chi connectivity index (χ3v) is 3.10. The van der Waals surface area contributed by atoms with Gasteiger partial charge in [0.1, 0.15) is 6.29 Å². The molecule has 0 bridgehead atoms. The second-order valence-corrected chi connectivity index (χ2v) is 4.21. The zero-order valence-corrected chi connectivity index (χ0v) is 9.84. The van der Waals surface area contributed by atoms with Crippen molar-refractivity contribution in [3.05, 3.63) is 48.3 Å². The normalized spacial score (nSPS) is 10.9. The molecule has 0 atom stereocenters. The van der Waals surface area contributed by atoms with Gasteiger partial charge in [-0.05, 0) is 24.1 Å². The summed E-state index contributed by atoms with van der Waals surface area (Å²) >= 11 is 0. The Morgan fingerprint density at radius 3 is 2.78 bits per heavy atom. The highest BCUT2D eigenvalue weighted by Gasteiger charge is 2.06. The van der Waals surface area contributed by atoms with Crippen LogP contribution in [0.3, 0.4) is 0 Å². The minimum Gasteiger partial charge on any atom is -0.303 e. The molecule has 3 heteroatoms. The van der Waals surface area contributed by atoms with Gasteiger partial charge in [0.15, 0.2) is 0 Å². The Bertz CT molecular complexity index is 722. The topological polar surface area (TPSA) is 42.9 Å². The summed E-state index contributed by atoms with van der Waals surface area (Å²) in [5.41, 5.74) is 2.99. The highest BCUT2D eigenvalue weighted by atomic mass is 16.1. The second-order valence-electron chi connectivity index (χ2n) is 4.21. The van der Waals surface area contributed by atoms with E-state index in [-0.39, 0.29) is 0 Å². The number of nitrogens with zero attached hydrogens (tertiary/aromatic N) is 2. The fraction of sp³-hybridized carbons (Fsp3) is 0.133. The molecule has 2 aromatic heterocycles. The SMILES string of the molecule is O=CCCc1ccnc2c1ccc1cccnc12. The average molecular weight is 236 g/mol. The van der Waals surface area contributed by atoms with E-state index >= 15 is 0 Å². The van der Waals surface area contributed by atoms with Gasteiger partial charge in [-0.2, -0.15) is 0 Å². The van der Waals surface area contributed by atoms with E-state index in [9.17, 15) is 4.79 Å². The standard InChI is InChI=1S/C15H12N2O/c18-10-2-4-11-7-9-17-15-13(11)6-5-12-3-1-8-16-14(12)15/h1,3,5-10H,2,4H2. The molecular weight excluding hydrogens is 224 g/mol. The summed E-state index contributed by atoms with van der Waals surface area (Å²) in [6, 6.07) is 10.0. The molecule has 0 saturated heterocycles. The summed E-state index contributed by atoms with van der Waals surface area (Å²) in [6.45, 7) is 0. The smallest absolute Gasteiger partial charge is 0.120 e. The number of aryl methyl sites for hydroxylation is 1. The second kappa shape index (κ2) is 4.53. The van der Waals surface area contributed by atoms with Crippen LogP contribution in [0.4, 0.5) is 0 Å². The van der Waals surface area contributed by atoms with Gasteiger partial charge in [-0.15, -0.1) is 0 Å². The zero-order valence-electron chi connectivity index (χ0n) is 9.84. The lowest BCUT2D eigenvalue weighted by Crippen LogP contribution is -1.92. The summed E-state index contributed by atoms with van der Waals surface area (Å²) in [5, 5.41) is 2.18. The number of aromatic nitrogens is 2. The third kappa shape index (κ3) is 1.74. The molecule has 18 heavy (non-hydrogen) atoms. The molecule has 1 aromatic carbocycles. The van der Waals surface area contributed by atoms with Crippen LogP contribution in [-0.4, -0.2) is 16.3 Å². The molecule has 3 nitrogen and oxygen atoms in total. The van der Waals surface area contributed by atoms with E-state index in [2.05, 4.69) is 22.1 Å². The monoisotopic (exact) mass is 236 g/mol. The Morgan fingerprint density at radius 1 is 1.00 bits per heavy atom. The van der Waals surface area contributed by atoms with E-state index < -0.39 is 0 Å². The number of hydrogen-bond donors (Lipinski definition) is 0. The van der Waals surface area contributed by atoms with Crippen LogP contribution in [0, 0.1) is 0 Å². The number of benzene rings is 1. The predicted octanol–water partition coefficient (Wildman–Crippen LogP) is 2.91. The van der Waals surface area contributed by atoms with Gasteiger partial charge in [-0.25, -0.2) is 0 Å². The molecule has 2 heterocycles. The van der Waals surface area contributed by atoms with Crippen LogP contribution in [0.25, 0.3) is 21.8 Å². The van der Waals surface area contributed by atoms with Crippen molar-refractivity contribution in [2.24, 2.45) is 0 Å². The summed E-state index contributed by atoms with van der Waals surface area (Å²) in [5.74, 6) is 0. The van der Waals surface area contributed by atoms with Crippen molar-refractivity contribution in [2.75, 3.05) is 0 Å². The minimum absolute atomic E-state index is 0.541. The largest absolute Gasteiger partial charge is 0.303 e. The highest BCUT2D eigenvalue weighted by Crippen LogP contribution is 2.24. The van der Waals surface area contributed by atoms with Crippen molar-refractivity contribution in [3.63, 3.8) is 0 Å². The highest BCUT2D eigenvalue weighted by molar-refractivity contribution is 6.03. The van der Waals surface area contributed by atoms with Gasteiger partial charge >= 0.3 is 0 Å².